The molecule has 1 fully saturated rings. The monoisotopic (exact) mass is 492 g/mol. The van der Waals surface area contributed by atoms with Crippen LogP contribution in [-0.4, -0.2) is 36.6 Å². The van der Waals surface area contributed by atoms with Gasteiger partial charge in [0.1, 0.15) is 0 Å². The highest BCUT2D eigenvalue weighted by Crippen LogP contribution is 2.24. The Kier molecular flexibility index (Phi) is 6.00. The number of nitrogens with zero attached hydrogens (tertiary/aromatic N) is 5. The molecule has 0 bridgehead atoms. The summed E-state index contributed by atoms with van der Waals surface area (Å²) in [4.78, 5) is 13.8. The zero-order chi connectivity index (χ0) is 21.9. The molecule has 1 aliphatic rings. The molecule has 1 aliphatic carbocycles. The van der Waals surface area contributed by atoms with Gasteiger partial charge in [-0.1, -0.05) is 43.2 Å². The third kappa shape index (κ3) is 4.44. The molecule has 164 valence electrons. The number of aromatic nitrogens is 5. The molecular weight excluding hydrogens is 468 g/mol. The van der Waals surface area contributed by atoms with E-state index in [0.717, 1.165) is 34.1 Å². The standard InChI is InChI=1S/C23H25BrN8/c24-17-14-28-32-21(17)30-22(29-20-7-2-1-5-18(20)25)31-23(32)27-13-15-8-10-16(11-9-15)19-6-3-4-12-26-19/h3-4,6,8-12,14,18,20H,1-2,5,7,13,25H2,(H2,27,29,30,31)/t18-,20-/m0/s1. The quantitative estimate of drug-likeness (QED) is 0.369. The minimum atomic E-state index is 0.117. The lowest BCUT2D eigenvalue weighted by molar-refractivity contribution is 0.402. The maximum atomic E-state index is 6.31. The third-order valence-electron chi connectivity index (χ3n) is 5.82. The van der Waals surface area contributed by atoms with Crippen molar-refractivity contribution < 1.29 is 0 Å². The summed E-state index contributed by atoms with van der Waals surface area (Å²) in [7, 11) is 0. The number of nitrogens with two attached hydrogens (primary N) is 1. The molecule has 0 aliphatic heterocycles. The van der Waals surface area contributed by atoms with Crippen LogP contribution in [0.1, 0.15) is 31.2 Å². The number of benzene rings is 1. The van der Waals surface area contributed by atoms with Gasteiger partial charge < -0.3 is 16.4 Å². The van der Waals surface area contributed by atoms with E-state index in [1.54, 1.807) is 16.9 Å². The molecule has 0 saturated heterocycles. The number of pyridine rings is 1. The molecule has 1 aromatic carbocycles. The topological polar surface area (TPSA) is 106 Å². The Morgan fingerprint density at radius 2 is 1.91 bits per heavy atom. The SMILES string of the molecule is N[C@H]1CCCC[C@@H]1Nc1nc(NCc2ccc(-c3ccccn3)cc2)n2ncc(Br)c2n1. The van der Waals surface area contributed by atoms with Crippen molar-refractivity contribution in [3.8, 4) is 11.3 Å². The van der Waals surface area contributed by atoms with Gasteiger partial charge in [-0.25, -0.2) is 0 Å². The van der Waals surface area contributed by atoms with Gasteiger partial charge in [0, 0.05) is 30.4 Å². The maximum absolute atomic E-state index is 6.31. The molecule has 1 saturated carbocycles. The van der Waals surface area contributed by atoms with Gasteiger partial charge in [0.2, 0.25) is 11.9 Å². The average Bonchev–Trinajstić information content (AvgIpc) is 3.21. The van der Waals surface area contributed by atoms with Gasteiger partial charge in [-0.05, 0) is 46.5 Å². The number of rotatable bonds is 6. The van der Waals surface area contributed by atoms with Gasteiger partial charge in [-0.2, -0.15) is 19.6 Å². The van der Waals surface area contributed by atoms with E-state index < -0.39 is 0 Å². The van der Waals surface area contributed by atoms with Crippen LogP contribution in [-0.2, 0) is 6.54 Å². The summed E-state index contributed by atoms with van der Waals surface area (Å²) in [5, 5.41) is 11.3. The fourth-order valence-corrected chi connectivity index (χ4v) is 4.39. The number of fused-ring (bicyclic) bond motifs is 1. The highest BCUT2D eigenvalue weighted by molar-refractivity contribution is 9.10. The minimum Gasteiger partial charge on any atom is -0.350 e. The van der Waals surface area contributed by atoms with Crippen LogP contribution in [0.15, 0.2) is 59.3 Å². The Morgan fingerprint density at radius 1 is 1.06 bits per heavy atom. The van der Waals surface area contributed by atoms with Crippen molar-refractivity contribution >= 4 is 33.5 Å². The predicted octanol–water partition coefficient (Wildman–Crippen LogP) is 4.24. The van der Waals surface area contributed by atoms with Gasteiger partial charge in [0.05, 0.1) is 16.4 Å². The van der Waals surface area contributed by atoms with Crippen molar-refractivity contribution in [3.63, 3.8) is 0 Å². The van der Waals surface area contributed by atoms with Crippen LogP contribution in [0.4, 0.5) is 11.9 Å². The van der Waals surface area contributed by atoms with Crippen LogP contribution in [0.2, 0.25) is 0 Å². The molecule has 2 atom stereocenters. The van der Waals surface area contributed by atoms with E-state index in [0.29, 0.717) is 24.1 Å². The average molecular weight is 493 g/mol. The Labute approximate surface area is 194 Å². The molecule has 3 heterocycles. The highest BCUT2D eigenvalue weighted by Gasteiger charge is 2.23. The highest BCUT2D eigenvalue weighted by atomic mass is 79.9. The van der Waals surface area contributed by atoms with E-state index in [1.165, 1.54) is 12.8 Å². The van der Waals surface area contributed by atoms with Crippen molar-refractivity contribution in [3.05, 3.63) is 64.9 Å². The van der Waals surface area contributed by atoms with Crippen LogP contribution in [0, 0.1) is 0 Å². The summed E-state index contributed by atoms with van der Waals surface area (Å²) in [5.41, 5.74) is 10.2. The Hall–Kier alpha value is -3.04. The van der Waals surface area contributed by atoms with E-state index >= 15 is 0 Å². The number of nitrogens with one attached hydrogen (secondary N) is 2. The second-order valence-electron chi connectivity index (χ2n) is 8.06. The second-order valence-corrected chi connectivity index (χ2v) is 8.92. The Morgan fingerprint density at radius 3 is 2.69 bits per heavy atom. The summed E-state index contributed by atoms with van der Waals surface area (Å²) >= 11 is 3.54. The fraction of sp³-hybridized carbons (Fsp3) is 0.304. The molecule has 0 spiro atoms. The smallest absolute Gasteiger partial charge is 0.229 e. The van der Waals surface area contributed by atoms with Gasteiger partial charge in [-0.15, -0.1) is 0 Å². The fourth-order valence-electron chi connectivity index (χ4n) is 4.04. The summed E-state index contributed by atoms with van der Waals surface area (Å²) < 4.78 is 2.52. The first-order chi connectivity index (χ1) is 15.7. The zero-order valence-corrected chi connectivity index (χ0v) is 19.2. The van der Waals surface area contributed by atoms with Gasteiger partial charge in [-0.3, -0.25) is 4.98 Å². The molecular formula is C23H25BrN8. The molecule has 3 aromatic heterocycles. The lowest BCUT2D eigenvalue weighted by Gasteiger charge is -2.29. The number of halogens is 1. The van der Waals surface area contributed by atoms with Gasteiger partial charge in [0.25, 0.3) is 0 Å². The molecule has 8 nitrogen and oxygen atoms in total. The first-order valence-electron chi connectivity index (χ1n) is 10.8. The third-order valence-corrected chi connectivity index (χ3v) is 6.38. The van der Waals surface area contributed by atoms with Crippen LogP contribution in [0.5, 0.6) is 0 Å². The van der Waals surface area contributed by atoms with Crippen molar-refractivity contribution in [2.75, 3.05) is 10.6 Å². The number of hydrogen-bond donors (Lipinski definition) is 3. The van der Waals surface area contributed by atoms with Gasteiger partial charge in [0.15, 0.2) is 5.65 Å². The lowest BCUT2D eigenvalue weighted by Crippen LogP contribution is -2.43. The molecule has 4 aromatic rings. The summed E-state index contributed by atoms with van der Waals surface area (Å²) in [6, 6.07) is 14.6. The lowest BCUT2D eigenvalue weighted by atomic mass is 9.91. The maximum Gasteiger partial charge on any atom is 0.229 e. The number of hydrogen-bond acceptors (Lipinski definition) is 7. The van der Waals surface area contributed by atoms with E-state index in [1.807, 2.05) is 18.2 Å². The van der Waals surface area contributed by atoms with Crippen LogP contribution < -0.4 is 16.4 Å². The molecule has 32 heavy (non-hydrogen) atoms. The molecule has 5 rings (SSSR count). The van der Waals surface area contributed by atoms with E-state index in [-0.39, 0.29) is 12.1 Å². The first-order valence-corrected chi connectivity index (χ1v) is 11.6. The molecule has 0 radical (unpaired) electrons. The molecule has 9 heteroatoms. The van der Waals surface area contributed by atoms with Crippen molar-refractivity contribution in [1.29, 1.82) is 0 Å². The molecule has 0 unspecified atom stereocenters. The van der Waals surface area contributed by atoms with Crippen molar-refractivity contribution in [2.24, 2.45) is 5.73 Å². The summed E-state index contributed by atoms with van der Waals surface area (Å²) in [5.74, 6) is 1.19. The Bertz CT molecular complexity index is 1190. The molecule has 4 N–H and O–H groups in total. The van der Waals surface area contributed by atoms with E-state index in [2.05, 4.69) is 65.9 Å². The summed E-state index contributed by atoms with van der Waals surface area (Å²) in [6.45, 7) is 0.606. The van der Waals surface area contributed by atoms with Crippen molar-refractivity contribution in [2.45, 2.75) is 44.3 Å². The van der Waals surface area contributed by atoms with Crippen molar-refractivity contribution in [1.82, 2.24) is 24.6 Å². The summed E-state index contributed by atoms with van der Waals surface area (Å²) in [6.07, 6.45) is 7.94. The van der Waals surface area contributed by atoms with E-state index in [4.69, 9.17) is 10.7 Å². The minimum absolute atomic E-state index is 0.117. The van der Waals surface area contributed by atoms with Crippen LogP contribution in [0.3, 0.4) is 0 Å². The molecule has 0 amide bonds. The van der Waals surface area contributed by atoms with E-state index in [9.17, 15) is 0 Å². The van der Waals surface area contributed by atoms with Gasteiger partial charge >= 0.3 is 0 Å². The Balaban J connectivity index is 1.35. The predicted molar refractivity (Wildman–Crippen MR) is 129 cm³/mol. The largest absolute Gasteiger partial charge is 0.350 e. The van der Waals surface area contributed by atoms with Crippen LogP contribution in [0.25, 0.3) is 16.9 Å². The second kappa shape index (κ2) is 9.22. The van der Waals surface area contributed by atoms with Crippen LogP contribution >= 0.6 is 15.9 Å². The number of anilines is 2. The zero-order valence-electron chi connectivity index (χ0n) is 17.6. The first kappa shape index (κ1) is 20.8. The normalized spacial score (nSPS) is 18.6.